The van der Waals surface area contributed by atoms with Crippen LogP contribution in [0.2, 0.25) is 0 Å². The molecule has 0 atom stereocenters. The fourth-order valence-electron chi connectivity index (χ4n) is 3.15. The van der Waals surface area contributed by atoms with Crippen LogP contribution >= 0.6 is 11.8 Å². The van der Waals surface area contributed by atoms with Crippen LogP contribution in [-0.2, 0) is 13.0 Å². The molecule has 3 aromatic carbocycles. The van der Waals surface area contributed by atoms with E-state index in [1.54, 1.807) is 18.0 Å². The van der Waals surface area contributed by atoms with Gasteiger partial charge >= 0.3 is 0 Å². The highest BCUT2D eigenvalue weighted by Crippen LogP contribution is 2.25. The molecule has 4 rings (SSSR count). The fourth-order valence-corrected chi connectivity index (χ4v) is 4.23. The number of rotatable bonds is 7. The Morgan fingerprint density at radius 3 is 2.59 bits per heavy atom. The van der Waals surface area contributed by atoms with Gasteiger partial charge in [-0.15, -0.1) is 11.8 Å². The lowest BCUT2D eigenvalue weighted by Gasteiger charge is -2.09. The molecule has 0 amide bonds. The zero-order chi connectivity index (χ0) is 18.5. The molecule has 0 aliphatic carbocycles. The Morgan fingerprint density at radius 1 is 0.926 bits per heavy atom. The topological polar surface area (TPSA) is 34.9 Å². The number of thioether (sulfide) groups is 1. The Bertz CT molecular complexity index is 1060. The van der Waals surface area contributed by atoms with E-state index in [1.165, 1.54) is 16.3 Å². The van der Waals surface area contributed by atoms with E-state index in [-0.39, 0.29) is 0 Å². The molecule has 0 N–H and O–H groups in total. The van der Waals surface area contributed by atoms with Crippen LogP contribution in [0.25, 0.3) is 10.8 Å². The Balaban J connectivity index is 1.45. The first-order valence-corrected chi connectivity index (χ1v) is 9.96. The molecule has 0 saturated carbocycles. The van der Waals surface area contributed by atoms with E-state index in [2.05, 4.69) is 53.6 Å². The van der Waals surface area contributed by atoms with Gasteiger partial charge in [0.25, 0.3) is 0 Å². The Kier molecular flexibility index (Phi) is 5.35. The summed E-state index contributed by atoms with van der Waals surface area (Å²) in [5.41, 5.74) is 3.22. The maximum absolute atomic E-state index is 11.4. The minimum absolute atomic E-state index is 0.713. The van der Waals surface area contributed by atoms with Gasteiger partial charge in [0, 0.05) is 28.6 Å². The Labute approximate surface area is 163 Å². The number of aromatic nitrogens is 2. The van der Waals surface area contributed by atoms with Crippen molar-refractivity contribution in [1.82, 2.24) is 9.78 Å². The highest BCUT2D eigenvalue weighted by molar-refractivity contribution is 7.99. The van der Waals surface area contributed by atoms with Gasteiger partial charge in [0.1, 0.15) is 0 Å². The number of aldehydes is 1. The van der Waals surface area contributed by atoms with Crippen molar-refractivity contribution in [3.8, 4) is 0 Å². The van der Waals surface area contributed by atoms with E-state index in [9.17, 15) is 4.79 Å². The van der Waals surface area contributed by atoms with Gasteiger partial charge in [-0.25, -0.2) is 0 Å². The SMILES string of the molecule is O=Cc1ccc(Cn2cccn2)cc1SCCc1ccc2ccccc2c1. The normalized spacial score (nSPS) is 11.0. The molecular weight excluding hydrogens is 352 g/mol. The van der Waals surface area contributed by atoms with Crippen LogP contribution in [0.4, 0.5) is 0 Å². The first-order chi connectivity index (χ1) is 13.3. The summed E-state index contributed by atoms with van der Waals surface area (Å²) < 4.78 is 1.89. The number of hydrogen-bond acceptors (Lipinski definition) is 3. The second-order valence-corrected chi connectivity index (χ2v) is 7.61. The second kappa shape index (κ2) is 8.23. The number of carbonyl (C=O) groups is 1. The number of hydrogen-bond donors (Lipinski definition) is 0. The molecule has 0 aliphatic heterocycles. The Hall–Kier alpha value is -2.85. The van der Waals surface area contributed by atoms with Crippen molar-refractivity contribution >= 4 is 28.8 Å². The zero-order valence-corrected chi connectivity index (χ0v) is 15.7. The molecule has 4 heteroatoms. The average molecular weight is 372 g/mol. The van der Waals surface area contributed by atoms with Crippen LogP contribution < -0.4 is 0 Å². The van der Waals surface area contributed by atoms with Crippen LogP contribution in [0.5, 0.6) is 0 Å². The summed E-state index contributed by atoms with van der Waals surface area (Å²) in [5, 5.41) is 6.79. The maximum atomic E-state index is 11.4. The van der Waals surface area contributed by atoms with E-state index < -0.39 is 0 Å². The summed E-state index contributed by atoms with van der Waals surface area (Å²) in [6.07, 6.45) is 5.63. The minimum atomic E-state index is 0.713. The predicted octanol–water partition coefficient (Wildman–Crippen LogP) is 5.23. The van der Waals surface area contributed by atoms with Crippen molar-refractivity contribution in [1.29, 1.82) is 0 Å². The van der Waals surface area contributed by atoms with Gasteiger partial charge in [-0.05, 0) is 40.5 Å². The standard InChI is InChI=1S/C23H20N2OS/c26-17-22-9-7-19(16-25-12-3-11-24-25)15-23(22)27-13-10-18-6-8-20-4-1-2-5-21(20)14-18/h1-9,11-12,14-15,17H,10,13,16H2. The molecule has 134 valence electrons. The average Bonchev–Trinajstić information content (AvgIpc) is 3.21. The lowest BCUT2D eigenvalue weighted by molar-refractivity contribution is 0.112. The van der Waals surface area contributed by atoms with Gasteiger partial charge in [-0.1, -0.05) is 54.6 Å². The van der Waals surface area contributed by atoms with E-state index in [0.29, 0.717) is 6.54 Å². The third-order valence-corrected chi connectivity index (χ3v) is 5.64. The summed E-state index contributed by atoms with van der Waals surface area (Å²) in [4.78, 5) is 12.4. The molecule has 0 radical (unpaired) electrons. The van der Waals surface area contributed by atoms with Crippen LogP contribution in [0.3, 0.4) is 0 Å². The molecule has 0 saturated heterocycles. The van der Waals surface area contributed by atoms with Gasteiger partial charge in [-0.2, -0.15) is 5.10 Å². The molecule has 0 unspecified atom stereocenters. The molecule has 0 fully saturated rings. The summed E-state index contributed by atoms with van der Waals surface area (Å²) >= 11 is 1.74. The molecule has 4 aromatic rings. The highest BCUT2D eigenvalue weighted by Gasteiger charge is 2.06. The minimum Gasteiger partial charge on any atom is -0.298 e. The molecule has 1 aromatic heterocycles. The zero-order valence-electron chi connectivity index (χ0n) is 14.9. The highest BCUT2D eigenvalue weighted by atomic mass is 32.2. The molecular formula is C23H20N2OS. The van der Waals surface area contributed by atoms with Gasteiger partial charge in [0.2, 0.25) is 0 Å². The molecule has 27 heavy (non-hydrogen) atoms. The number of fused-ring (bicyclic) bond motifs is 1. The largest absolute Gasteiger partial charge is 0.298 e. The number of nitrogens with zero attached hydrogens (tertiary/aromatic N) is 2. The third-order valence-electron chi connectivity index (χ3n) is 4.57. The van der Waals surface area contributed by atoms with Gasteiger partial charge in [0.15, 0.2) is 6.29 Å². The summed E-state index contributed by atoms with van der Waals surface area (Å²) in [5.74, 6) is 0.935. The molecule has 0 spiro atoms. The fraction of sp³-hybridized carbons (Fsp3) is 0.130. The lowest BCUT2D eigenvalue weighted by Crippen LogP contribution is -2.01. The second-order valence-electron chi connectivity index (χ2n) is 6.47. The maximum Gasteiger partial charge on any atom is 0.151 e. The summed E-state index contributed by atoms with van der Waals surface area (Å²) in [7, 11) is 0. The van der Waals surface area contributed by atoms with Crippen molar-refractivity contribution < 1.29 is 4.79 Å². The van der Waals surface area contributed by atoms with Crippen LogP contribution in [0.1, 0.15) is 21.5 Å². The first kappa shape index (κ1) is 17.6. The van der Waals surface area contributed by atoms with Crippen LogP contribution in [0.15, 0.2) is 84.0 Å². The van der Waals surface area contributed by atoms with Crippen molar-refractivity contribution in [2.24, 2.45) is 0 Å². The van der Waals surface area contributed by atoms with E-state index in [0.717, 1.165) is 34.5 Å². The van der Waals surface area contributed by atoms with Crippen molar-refractivity contribution in [3.63, 3.8) is 0 Å². The monoisotopic (exact) mass is 372 g/mol. The van der Waals surface area contributed by atoms with Crippen molar-refractivity contribution in [3.05, 3.63) is 95.8 Å². The number of aryl methyl sites for hydroxylation is 1. The van der Waals surface area contributed by atoms with E-state index >= 15 is 0 Å². The van der Waals surface area contributed by atoms with Crippen molar-refractivity contribution in [2.45, 2.75) is 17.9 Å². The number of carbonyl (C=O) groups excluding carboxylic acids is 1. The molecule has 3 nitrogen and oxygen atoms in total. The van der Waals surface area contributed by atoms with Gasteiger partial charge < -0.3 is 0 Å². The van der Waals surface area contributed by atoms with Crippen molar-refractivity contribution in [2.75, 3.05) is 5.75 Å². The van der Waals surface area contributed by atoms with Crippen LogP contribution in [0, 0.1) is 0 Å². The smallest absolute Gasteiger partial charge is 0.151 e. The lowest BCUT2D eigenvalue weighted by atomic mass is 10.1. The first-order valence-electron chi connectivity index (χ1n) is 8.98. The molecule has 1 heterocycles. The quantitative estimate of drug-likeness (QED) is 0.329. The summed E-state index contributed by atoms with van der Waals surface area (Å²) in [6, 6.07) is 23.0. The van der Waals surface area contributed by atoms with Gasteiger partial charge in [0.05, 0.1) is 6.54 Å². The molecule has 0 aliphatic rings. The van der Waals surface area contributed by atoms with Crippen LogP contribution in [-0.4, -0.2) is 21.8 Å². The van der Waals surface area contributed by atoms with E-state index in [4.69, 9.17) is 0 Å². The number of benzene rings is 3. The third kappa shape index (κ3) is 4.29. The molecule has 0 bridgehead atoms. The summed E-state index contributed by atoms with van der Waals surface area (Å²) in [6.45, 7) is 0.713. The predicted molar refractivity (Wildman–Crippen MR) is 112 cm³/mol. The Morgan fingerprint density at radius 2 is 1.78 bits per heavy atom. The van der Waals surface area contributed by atoms with E-state index in [1.807, 2.05) is 29.1 Å². The van der Waals surface area contributed by atoms with Gasteiger partial charge in [-0.3, -0.25) is 9.48 Å².